The van der Waals surface area contributed by atoms with Gasteiger partial charge in [0, 0.05) is 25.2 Å². The van der Waals surface area contributed by atoms with Gasteiger partial charge in [-0.2, -0.15) is 0 Å². The van der Waals surface area contributed by atoms with Gasteiger partial charge in [0.1, 0.15) is 0 Å². The number of carbonyl (C=O) groups is 2. The van der Waals surface area contributed by atoms with E-state index >= 15 is 0 Å². The molecule has 0 aliphatic carbocycles. The molecule has 1 fully saturated rings. The van der Waals surface area contributed by atoms with Crippen LogP contribution in [0.1, 0.15) is 36.2 Å². The van der Waals surface area contributed by atoms with E-state index in [2.05, 4.69) is 19.2 Å². The Morgan fingerprint density at radius 3 is 2.59 bits per heavy atom. The number of benzene rings is 1. The van der Waals surface area contributed by atoms with Crippen LogP contribution in [0.15, 0.2) is 24.3 Å². The van der Waals surface area contributed by atoms with Gasteiger partial charge in [-0.25, -0.2) is 4.79 Å². The first-order valence-corrected chi connectivity index (χ1v) is 7.87. The number of primary amides is 1. The van der Waals surface area contributed by atoms with E-state index < -0.39 is 5.91 Å². The fourth-order valence-corrected chi connectivity index (χ4v) is 3.13. The monoisotopic (exact) mass is 303 g/mol. The minimum absolute atomic E-state index is 0.00413. The molecule has 3 N–H and O–H groups in total. The maximum absolute atomic E-state index is 12.2. The van der Waals surface area contributed by atoms with Crippen LogP contribution in [0.2, 0.25) is 0 Å². The first-order chi connectivity index (χ1) is 10.5. The second-order valence-corrected chi connectivity index (χ2v) is 6.40. The van der Waals surface area contributed by atoms with Crippen LogP contribution in [0.25, 0.3) is 0 Å². The second kappa shape index (κ2) is 7.29. The van der Waals surface area contributed by atoms with Crippen molar-refractivity contribution in [2.75, 3.05) is 19.6 Å². The smallest absolute Gasteiger partial charge is 0.317 e. The summed E-state index contributed by atoms with van der Waals surface area (Å²) >= 11 is 0. The van der Waals surface area contributed by atoms with Crippen LogP contribution in [-0.4, -0.2) is 36.5 Å². The lowest BCUT2D eigenvalue weighted by molar-refractivity contribution is 0.1000. The zero-order valence-corrected chi connectivity index (χ0v) is 13.3. The Hall–Kier alpha value is -2.04. The Labute approximate surface area is 131 Å². The predicted octanol–water partition coefficient (Wildman–Crippen LogP) is 2.02. The molecule has 0 spiro atoms. The molecule has 3 amide bonds. The van der Waals surface area contributed by atoms with Gasteiger partial charge in [0.2, 0.25) is 5.91 Å². The van der Waals surface area contributed by atoms with Crippen molar-refractivity contribution in [1.82, 2.24) is 10.2 Å². The Morgan fingerprint density at radius 2 is 1.95 bits per heavy atom. The van der Waals surface area contributed by atoms with Crippen molar-refractivity contribution in [2.45, 2.75) is 26.7 Å². The number of nitrogens with zero attached hydrogens (tertiary/aromatic N) is 1. The van der Waals surface area contributed by atoms with Gasteiger partial charge in [-0.1, -0.05) is 26.0 Å². The Balaban J connectivity index is 1.82. The molecule has 1 aromatic rings. The molecule has 2 rings (SSSR count). The number of amides is 3. The molecule has 0 aromatic heterocycles. The molecule has 5 heteroatoms. The van der Waals surface area contributed by atoms with E-state index in [1.54, 1.807) is 12.1 Å². The minimum atomic E-state index is -0.429. The van der Waals surface area contributed by atoms with Crippen molar-refractivity contribution in [1.29, 1.82) is 0 Å². The Morgan fingerprint density at radius 1 is 1.27 bits per heavy atom. The highest BCUT2D eigenvalue weighted by molar-refractivity contribution is 5.92. The minimum Gasteiger partial charge on any atom is -0.366 e. The zero-order valence-electron chi connectivity index (χ0n) is 13.3. The Bertz CT molecular complexity index is 534. The zero-order chi connectivity index (χ0) is 16.1. The lowest BCUT2D eigenvalue weighted by Gasteiger charge is -2.34. The van der Waals surface area contributed by atoms with Crippen LogP contribution < -0.4 is 11.1 Å². The summed E-state index contributed by atoms with van der Waals surface area (Å²) in [5.41, 5.74) is 6.77. The van der Waals surface area contributed by atoms with Crippen LogP contribution in [0.3, 0.4) is 0 Å². The molecule has 1 aliphatic heterocycles. The van der Waals surface area contributed by atoms with Crippen LogP contribution in [0, 0.1) is 11.8 Å². The summed E-state index contributed by atoms with van der Waals surface area (Å²) in [5.74, 6) is 0.686. The normalized spacial score (nSPS) is 21.5. The van der Waals surface area contributed by atoms with Crippen molar-refractivity contribution in [3.05, 3.63) is 35.4 Å². The van der Waals surface area contributed by atoms with E-state index in [1.807, 2.05) is 17.0 Å². The molecular weight excluding hydrogens is 278 g/mol. The van der Waals surface area contributed by atoms with Crippen LogP contribution in [-0.2, 0) is 6.42 Å². The van der Waals surface area contributed by atoms with Gasteiger partial charge in [-0.15, -0.1) is 0 Å². The maximum Gasteiger partial charge on any atom is 0.317 e. The molecule has 0 saturated carbocycles. The van der Waals surface area contributed by atoms with Crippen molar-refractivity contribution < 1.29 is 9.59 Å². The van der Waals surface area contributed by atoms with E-state index in [4.69, 9.17) is 5.73 Å². The van der Waals surface area contributed by atoms with E-state index in [-0.39, 0.29) is 6.03 Å². The molecule has 5 nitrogen and oxygen atoms in total. The molecule has 2 unspecified atom stereocenters. The van der Waals surface area contributed by atoms with Crippen molar-refractivity contribution in [3.8, 4) is 0 Å². The standard InChI is InChI=1S/C17H25N3O2/c1-12-8-13(2)11-20(10-12)17(22)19-7-6-14-4-3-5-15(9-14)16(18)21/h3-5,9,12-13H,6-8,10-11H2,1-2H3,(H2,18,21)(H,19,22). The van der Waals surface area contributed by atoms with Gasteiger partial charge in [-0.3, -0.25) is 4.79 Å². The molecule has 120 valence electrons. The first-order valence-electron chi connectivity index (χ1n) is 7.87. The van der Waals surface area contributed by atoms with Crippen LogP contribution in [0.5, 0.6) is 0 Å². The largest absolute Gasteiger partial charge is 0.366 e. The number of hydrogen-bond donors (Lipinski definition) is 2. The SMILES string of the molecule is CC1CC(C)CN(C(=O)NCCc2cccc(C(N)=O)c2)C1. The van der Waals surface area contributed by atoms with Crippen molar-refractivity contribution in [3.63, 3.8) is 0 Å². The van der Waals surface area contributed by atoms with Gasteiger partial charge in [-0.05, 0) is 42.4 Å². The van der Waals surface area contributed by atoms with Gasteiger partial charge in [0.05, 0.1) is 0 Å². The average molecular weight is 303 g/mol. The number of rotatable bonds is 4. The van der Waals surface area contributed by atoms with Gasteiger partial charge >= 0.3 is 6.03 Å². The van der Waals surface area contributed by atoms with E-state index in [1.165, 1.54) is 6.42 Å². The second-order valence-electron chi connectivity index (χ2n) is 6.40. The molecule has 1 saturated heterocycles. The summed E-state index contributed by atoms with van der Waals surface area (Å²) < 4.78 is 0. The fourth-order valence-electron chi connectivity index (χ4n) is 3.13. The summed E-state index contributed by atoms with van der Waals surface area (Å²) in [6.45, 7) is 6.58. The topological polar surface area (TPSA) is 75.4 Å². The number of urea groups is 1. The molecule has 0 radical (unpaired) electrons. The lowest BCUT2D eigenvalue weighted by atomic mass is 9.92. The van der Waals surface area contributed by atoms with Gasteiger partial charge in [0.25, 0.3) is 0 Å². The number of likely N-dealkylation sites (tertiary alicyclic amines) is 1. The number of hydrogen-bond acceptors (Lipinski definition) is 2. The molecular formula is C17H25N3O2. The third-order valence-electron chi connectivity index (χ3n) is 4.06. The first kappa shape index (κ1) is 16.3. The number of nitrogens with one attached hydrogen (secondary N) is 1. The highest BCUT2D eigenvalue weighted by atomic mass is 16.2. The Kier molecular flexibility index (Phi) is 5.41. The molecule has 1 aliphatic rings. The third kappa shape index (κ3) is 4.48. The summed E-state index contributed by atoms with van der Waals surface area (Å²) in [7, 11) is 0. The lowest BCUT2D eigenvalue weighted by Crippen LogP contribution is -2.47. The molecule has 2 atom stereocenters. The summed E-state index contributed by atoms with van der Waals surface area (Å²) in [6, 6.07) is 7.22. The highest BCUT2D eigenvalue weighted by Gasteiger charge is 2.24. The van der Waals surface area contributed by atoms with Crippen molar-refractivity contribution >= 4 is 11.9 Å². The van der Waals surface area contributed by atoms with Gasteiger partial charge < -0.3 is 16.0 Å². The van der Waals surface area contributed by atoms with E-state index in [0.717, 1.165) is 18.7 Å². The number of nitrogens with two attached hydrogens (primary N) is 1. The quantitative estimate of drug-likeness (QED) is 0.893. The summed E-state index contributed by atoms with van der Waals surface area (Å²) in [4.78, 5) is 25.2. The molecule has 1 aromatic carbocycles. The van der Waals surface area contributed by atoms with Gasteiger partial charge in [0.15, 0.2) is 0 Å². The fraction of sp³-hybridized carbons (Fsp3) is 0.529. The summed E-state index contributed by atoms with van der Waals surface area (Å²) in [5, 5.41) is 2.96. The number of carbonyl (C=O) groups excluding carboxylic acids is 2. The molecule has 1 heterocycles. The average Bonchev–Trinajstić information content (AvgIpc) is 2.46. The van der Waals surface area contributed by atoms with Crippen LogP contribution in [0.4, 0.5) is 4.79 Å². The molecule has 22 heavy (non-hydrogen) atoms. The highest BCUT2D eigenvalue weighted by Crippen LogP contribution is 2.20. The summed E-state index contributed by atoms with van der Waals surface area (Å²) in [6.07, 6.45) is 1.87. The third-order valence-corrected chi connectivity index (χ3v) is 4.06. The van der Waals surface area contributed by atoms with Crippen molar-refractivity contribution in [2.24, 2.45) is 17.6 Å². The van der Waals surface area contributed by atoms with E-state index in [0.29, 0.717) is 30.4 Å². The number of piperidine rings is 1. The maximum atomic E-state index is 12.2. The van der Waals surface area contributed by atoms with E-state index in [9.17, 15) is 9.59 Å². The predicted molar refractivity (Wildman–Crippen MR) is 86.6 cm³/mol. The van der Waals surface area contributed by atoms with Crippen LogP contribution >= 0.6 is 0 Å². The molecule has 0 bridgehead atoms.